The van der Waals surface area contributed by atoms with E-state index in [2.05, 4.69) is 6.26 Å². The lowest BCUT2D eigenvalue weighted by atomic mass is 10.1. The summed E-state index contributed by atoms with van der Waals surface area (Å²) in [5.74, 6) is 1.63. The molecule has 2 N–H and O–H groups in total. The van der Waals surface area contributed by atoms with Crippen molar-refractivity contribution in [2.24, 2.45) is 5.73 Å². The molecule has 0 amide bonds. The van der Waals surface area contributed by atoms with Crippen LogP contribution in [0.3, 0.4) is 0 Å². The van der Waals surface area contributed by atoms with E-state index >= 15 is 0 Å². The van der Waals surface area contributed by atoms with Gasteiger partial charge in [-0.3, -0.25) is 0 Å². The van der Waals surface area contributed by atoms with Crippen LogP contribution in [0.25, 0.3) is 0 Å². The Bertz CT molecular complexity index is 542. The highest BCUT2D eigenvalue weighted by molar-refractivity contribution is 7.98. The molecule has 0 spiro atoms. The summed E-state index contributed by atoms with van der Waals surface area (Å²) in [6.07, 6.45) is 1.87. The van der Waals surface area contributed by atoms with Crippen LogP contribution in [0.15, 0.2) is 53.4 Å². The van der Waals surface area contributed by atoms with Gasteiger partial charge in [-0.1, -0.05) is 12.1 Å². The highest BCUT2D eigenvalue weighted by Crippen LogP contribution is 2.25. The van der Waals surface area contributed by atoms with Crippen LogP contribution in [0, 0.1) is 0 Å². The smallest absolute Gasteiger partial charge is 0.136 e. The van der Waals surface area contributed by atoms with Crippen LogP contribution < -0.4 is 15.2 Å². The second kappa shape index (κ2) is 7.22. The maximum Gasteiger partial charge on any atom is 0.136 e. The fourth-order valence-electron chi connectivity index (χ4n) is 1.91. The number of hydrogen-bond acceptors (Lipinski definition) is 4. The van der Waals surface area contributed by atoms with Crippen molar-refractivity contribution in [2.75, 3.05) is 19.9 Å². The Balaban J connectivity index is 2.14. The van der Waals surface area contributed by atoms with Crippen molar-refractivity contribution in [3.8, 4) is 11.5 Å². The molecule has 0 aromatic heterocycles. The molecule has 2 aromatic rings. The number of hydrogen-bond donors (Lipinski definition) is 1. The summed E-state index contributed by atoms with van der Waals surface area (Å²) in [6.45, 7) is 0.414. The summed E-state index contributed by atoms with van der Waals surface area (Å²) in [5.41, 5.74) is 6.84. The number of methoxy groups -OCH3 is 1. The van der Waals surface area contributed by atoms with Crippen molar-refractivity contribution in [1.82, 2.24) is 0 Å². The lowest BCUT2D eigenvalue weighted by molar-refractivity contribution is 0.213. The quantitative estimate of drug-likeness (QED) is 0.827. The number of ether oxygens (including phenoxy) is 2. The van der Waals surface area contributed by atoms with Crippen LogP contribution >= 0.6 is 11.8 Å². The molecule has 2 rings (SSSR count). The molecule has 0 radical (unpaired) electrons. The fourth-order valence-corrected chi connectivity index (χ4v) is 2.32. The van der Waals surface area contributed by atoms with E-state index in [1.54, 1.807) is 18.9 Å². The van der Waals surface area contributed by atoms with Crippen LogP contribution in [0.4, 0.5) is 0 Å². The molecule has 0 aliphatic heterocycles. The largest absolute Gasteiger partial charge is 0.497 e. The maximum atomic E-state index is 5.96. The second-order valence-corrected chi connectivity index (χ2v) is 5.17. The molecule has 0 saturated heterocycles. The van der Waals surface area contributed by atoms with Gasteiger partial charge in [0.25, 0.3) is 0 Å². The molecule has 3 nitrogen and oxygen atoms in total. The molecule has 0 saturated carbocycles. The van der Waals surface area contributed by atoms with E-state index in [4.69, 9.17) is 15.2 Å². The van der Waals surface area contributed by atoms with Gasteiger partial charge in [-0.2, -0.15) is 0 Å². The number of nitrogens with two attached hydrogens (primary N) is 1. The van der Waals surface area contributed by atoms with Gasteiger partial charge >= 0.3 is 0 Å². The van der Waals surface area contributed by atoms with Gasteiger partial charge in [0.1, 0.15) is 17.6 Å². The summed E-state index contributed by atoms with van der Waals surface area (Å²) < 4.78 is 11.2. The molecule has 20 heavy (non-hydrogen) atoms. The Labute approximate surface area is 124 Å². The Morgan fingerprint density at radius 3 is 2.45 bits per heavy atom. The van der Waals surface area contributed by atoms with Crippen LogP contribution in [-0.4, -0.2) is 19.9 Å². The zero-order valence-corrected chi connectivity index (χ0v) is 12.5. The Morgan fingerprint density at radius 2 is 1.85 bits per heavy atom. The first-order chi connectivity index (χ1) is 9.76. The van der Waals surface area contributed by atoms with Crippen molar-refractivity contribution < 1.29 is 9.47 Å². The molecular weight excluding hydrogens is 270 g/mol. The molecule has 2 aromatic carbocycles. The van der Waals surface area contributed by atoms with E-state index in [0.717, 1.165) is 17.1 Å². The highest BCUT2D eigenvalue weighted by atomic mass is 32.2. The Kier molecular flexibility index (Phi) is 5.32. The minimum absolute atomic E-state index is 0.176. The first-order valence-electron chi connectivity index (χ1n) is 6.41. The monoisotopic (exact) mass is 289 g/mol. The molecule has 0 aliphatic rings. The third-order valence-electron chi connectivity index (χ3n) is 3.02. The SMILES string of the molecule is COc1cccc(C(CN)Oc2ccc(SC)cc2)c1. The second-order valence-electron chi connectivity index (χ2n) is 4.29. The van der Waals surface area contributed by atoms with Gasteiger partial charge < -0.3 is 15.2 Å². The average molecular weight is 289 g/mol. The molecule has 1 atom stereocenters. The van der Waals surface area contributed by atoms with E-state index in [-0.39, 0.29) is 6.10 Å². The third-order valence-corrected chi connectivity index (χ3v) is 3.76. The van der Waals surface area contributed by atoms with Gasteiger partial charge in [0, 0.05) is 11.4 Å². The summed E-state index contributed by atoms with van der Waals surface area (Å²) >= 11 is 1.71. The van der Waals surface area contributed by atoms with E-state index in [1.165, 1.54) is 4.90 Å². The minimum atomic E-state index is -0.176. The van der Waals surface area contributed by atoms with Crippen LogP contribution in [-0.2, 0) is 0 Å². The molecular formula is C16H19NO2S. The van der Waals surface area contributed by atoms with E-state index in [9.17, 15) is 0 Å². The Morgan fingerprint density at radius 1 is 1.10 bits per heavy atom. The number of benzene rings is 2. The van der Waals surface area contributed by atoms with E-state index in [1.807, 2.05) is 48.5 Å². The van der Waals surface area contributed by atoms with Gasteiger partial charge in [0.05, 0.1) is 7.11 Å². The predicted molar refractivity (Wildman–Crippen MR) is 83.6 cm³/mol. The van der Waals surface area contributed by atoms with E-state index in [0.29, 0.717) is 6.54 Å². The van der Waals surface area contributed by atoms with Gasteiger partial charge in [-0.15, -0.1) is 11.8 Å². The normalized spacial score (nSPS) is 11.9. The molecule has 0 fully saturated rings. The lowest BCUT2D eigenvalue weighted by Crippen LogP contribution is -2.18. The van der Waals surface area contributed by atoms with Crippen LogP contribution in [0.2, 0.25) is 0 Å². The maximum absolute atomic E-state index is 5.96. The van der Waals surface area contributed by atoms with Crippen molar-refractivity contribution >= 4 is 11.8 Å². The van der Waals surface area contributed by atoms with Crippen molar-refractivity contribution in [3.63, 3.8) is 0 Å². The molecule has 0 heterocycles. The summed E-state index contributed by atoms with van der Waals surface area (Å²) in [4.78, 5) is 1.21. The lowest BCUT2D eigenvalue weighted by Gasteiger charge is -2.18. The van der Waals surface area contributed by atoms with Gasteiger partial charge in [0.15, 0.2) is 0 Å². The average Bonchev–Trinajstić information content (AvgIpc) is 2.53. The first-order valence-corrected chi connectivity index (χ1v) is 7.64. The molecule has 106 valence electrons. The summed E-state index contributed by atoms with van der Waals surface area (Å²) in [7, 11) is 1.65. The van der Waals surface area contributed by atoms with Crippen molar-refractivity contribution in [3.05, 3.63) is 54.1 Å². The molecule has 4 heteroatoms. The predicted octanol–water partition coefficient (Wildman–Crippen LogP) is 3.50. The summed E-state index contributed by atoms with van der Waals surface area (Å²) in [5, 5.41) is 0. The summed E-state index contributed by atoms with van der Waals surface area (Å²) in [6, 6.07) is 15.8. The number of rotatable bonds is 6. The molecule has 0 aliphatic carbocycles. The molecule has 1 unspecified atom stereocenters. The van der Waals surface area contributed by atoms with Gasteiger partial charge in [-0.25, -0.2) is 0 Å². The topological polar surface area (TPSA) is 44.5 Å². The Hall–Kier alpha value is -1.65. The standard InChI is InChI=1S/C16H19NO2S/c1-18-14-5-3-4-12(10-14)16(11-17)19-13-6-8-15(20-2)9-7-13/h3-10,16H,11,17H2,1-2H3. The minimum Gasteiger partial charge on any atom is -0.497 e. The van der Waals surface area contributed by atoms with Crippen molar-refractivity contribution in [2.45, 2.75) is 11.0 Å². The third kappa shape index (κ3) is 3.68. The van der Waals surface area contributed by atoms with Crippen molar-refractivity contribution in [1.29, 1.82) is 0 Å². The van der Waals surface area contributed by atoms with Gasteiger partial charge in [-0.05, 0) is 48.2 Å². The first kappa shape index (κ1) is 14.8. The zero-order valence-electron chi connectivity index (χ0n) is 11.7. The number of thioether (sulfide) groups is 1. The highest BCUT2D eigenvalue weighted by Gasteiger charge is 2.12. The van der Waals surface area contributed by atoms with Crippen LogP contribution in [0.5, 0.6) is 11.5 Å². The molecule has 0 bridgehead atoms. The zero-order chi connectivity index (χ0) is 14.4. The van der Waals surface area contributed by atoms with Gasteiger partial charge in [0.2, 0.25) is 0 Å². The van der Waals surface area contributed by atoms with E-state index < -0.39 is 0 Å². The van der Waals surface area contributed by atoms with Crippen LogP contribution in [0.1, 0.15) is 11.7 Å². The fraction of sp³-hybridized carbons (Fsp3) is 0.250.